The average Bonchev–Trinajstić information content (AvgIpc) is 2.46. The second-order valence-electron chi connectivity index (χ2n) is 7.23. The van der Waals surface area contributed by atoms with E-state index in [9.17, 15) is 4.79 Å². The summed E-state index contributed by atoms with van der Waals surface area (Å²) in [6.07, 6.45) is 2.81. The van der Waals surface area contributed by atoms with Gasteiger partial charge in [0.1, 0.15) is 5.60 Å². The molecule has 0 aromatic rings. The zero-order valence-corrected chi connectivity index (χ0v) is 16.5. The summed E-state index contributed by atoms with van der Waals surface area (Å²) in [6.45, 7) is 9.00. The van der Waals surface area contributed by atoms with Crippen molar-refractivity contribution in [2.24, 2.45) is 5.73 Å². The third kappa shape index (κ3) is 5.79. The highest BCUT2D eigenvalue weighted by molar-refractivity contribution is 14.1. The standard InChI is InChI=1S/C16H29IN4O2/c1-16(2,3)23-15(22)21-9-6-13(12(10-21)14(17)18)20-11-4-7-19-8-5-11/h11,14,19-20H,4-10,18H2,1-3H3. The number of alkyl halides is 1. The van der Waals surface area contributed by atoms with Crippen molar-refractivity contribution in [3.8, 4) is 0 Å². The Morgan fingerprint density at radius 2 is 2.09 bits per heavy atom. The summed E-state index contributed by atoms with van der Waals surface area (Å²) in [4.78, 5) is 14.0. The van der Waals surface area contributed by atoms with Crippen molar-refractivity contribution < 1.29 is 9.53 Å². The molecule has 1 fully saturated rings. The molecular formula is C16H29IN4O2. The minimum absolute atomic E-state index is 0.0953. The smallest absolute Gasteiger partial charge is 0.410 e. The van der Waals surface area contributed by atoms with Gasteiger partial charge in [-0.2, -0.15) is 0 Å². The molecule has 2 heterocycles. The van der Waals surface area contributed by atoms with Crippen LogP contribution < -0.4 is 16.4 Å². The maximum absolute atomic E-state index is 12.3. The maximum Gasteiger partial charge on any atom is 0.410 e. The third-order valence-electron chi connectivity index (χ3n) is 4.08. The Balaban J connectivity index is 2.03. The number of rotatable bonds is 3. The molecule has 0 aromatic heterocycles. The summed E-state index contributed by atoms with van der Waals surface area (Å²) < 4.78 is 5.39. The van der Waals surface area contributed by atoms with Gasteiger partial charge in [0, 0.05) is 31.2 Å². The van der Waals surface area contributed by atoms with Crippen LogP contribution in [0.4, 0.5) is 4.79 Å². The van der Waals surface area contributed by atoms with Gasteiger partial charge >= 0.3 is 6.09 Å². The number of nitrogens with zero attached hydrogens (tertiary/aromatic N) is 1. The molecule has 2 aliphatic heterocycles. The normalized spacial score (nSPS) is 22.0. The highest BCUT2D eigenvalue weighted by Gasteiger charge is 2.29. The Hall–Kier alpha value is -0.540. The van der Waals surface area contributed by atoms with Crippen LogP contribution in [0.1, 0.15) is 40.0 Å². The van der Waals surface area contributed by atoms with Gasteiger partial charge in [-0.3, -0.25) is 0 Å². The molecule has 0 spiro atoms. The summed E-state index contributed by atoms with van der Waals surface area (Å²) >= 11 is 2.22. The maximum atomic E-state index is 12.3. The number of hydrogen-bond donors (Lipinski definition) is 3. The van der Waals surface area contributed by atoms with Crippen LogP contribution in [0, 0.1) is 0 Å². The minimum Gasteiger partial charge on any atom is -0.444 e. The zero-order valence-electron chi connectivity index (χ0n) is 14.3. The predicted molar refractivity (Wildman–Crippen MR) is 100 cm³/mol. The molecule has 132 valence electrons. The lowest BCUT2D eigenvalue weighted by atomic mass is 10.0. The first-order valence-corrected chi connectivity index (χ1v) is 9.57. The Morgan fingerprint density at radius 1 is 1.43 bits per heavy atom. The van der Waals surface area contributed by atoms with Gasteiger partial charge in [-0.1, -0.05) is 22.6 Å². The summed E-state index contributed by atoms with van der Waals surface area (Å²) in [7, 11) is 0. The molecule has 0 saturated carbocycles. The molecule has 23 heavy (non-hydrogen) atoms. The van der Waals surface area contributed by atoms with E-state index in [0.717, 1.165) is 37.9 Å². The molecule has 1 atom stereocenters. The van der Waals surface area contributed by atoms with E-state index in [0.29, 0.717) is 19.1 Å². The molecule has 2 rings (SSSR count). The molecule has 0 aliphatic carbocycles. The van der Waals surface area contributed by atoms with Gasteiger partial charge in [-0.05, 0) is 52.3 Å². The SMILES string of the molecule is CC(C)(C)OC(=O)N1CCC(NC2CCNCC2)=C(C(N)I)C1. The highest BCUT2D eigenvalue weighted by Crippen LogP contribution is 2.24. The second-order valence-corrected chi connectivity index (χ2v) is 8.57. The Labute approximate surface area is 152 Å². The fourth-order valence-corrected chi connectivity index (χ4v) is 3.47. The number of nitrogens with two attached hydrogens (primary N) is 1. The third-order valence-corrected chi connectivity index (χ3v) is 4.83. The van der Waals surface area contributed by atoms with Crippen LogP contribution in [0.3, 0.4) is 0 Å². The second kappa shape index (κ2) is 8.02. The first-order chi connectivity index (χ1) is 10.8. The van der Waals surface area contributed by atoms with Crippen LogP contribution in [0.15, 0.2) is 11.3 Å². The van der Waals surface area contributed by atoms with E-state index in [-0.39, 0.29) is 10.1 Å². The van der Waals surface area contributed by atoms with Crippen molar-refractivity contribution in [3.05, 3.63) is 11.3 Å². The molecule has 1 unspecified atom stereocenters. The van der Waals surface area contributed by atoms with Crippen molar-refractivity contribution in [2.45, 2.75) is 55.7 Å². The van der Waals surface area contributed by atoms with Gasteiger partial charge in [0.25, 0.3) is 0 Å². The van der Waals surface area contributed by atoms with Crippen LogP contribution in [-0.2, 0) is 4.74 Å². The monoisotopic (exact) mass is 436 g/mol. The topological polar surface area (TPSA) is 79.6 Å². The van der Waals surface area contributed by atoms with Gasteiger partial charge in [0.2, 0.25) is 0 Å². The predicted octanol–water partition coefficient (Wildman–Crippen LogP) is 1.94. The Morgan fingerprint density at radius 3 is 2.65 bits per heavy atom. The number of halogens is 1. The molecule has 1 amide bonds. The number of carbonyl (C=O) groups excluding carboxylic acids is 1. The first kappa shape index (κ1) is 18.8. The van der Waals surface area contributed by atoms with Crippen LogP contribution in [0.25, 0.3) is 0 Å². The Bertz CT molecular complexity index is 453. The van der Waals surface area contributed by atoms with Crippen molar-refractivity contribution in [1.82, 2.24) is 15.5 Å². The van der Waals surface area contributed by atoms with Gasteiger partial charge in [-0.15, -0.1) is 0 Å². The molecule has 7 heteroatoms. The van der Waals surface area contributed by atoms with Crippen molar-refractivity contribution >= 4 is 28.7 Å². The summed E-state index contributed by atoms with van der Waals surface area (Å²) in [5.41, 5.74) is 8.01. The van der Waals surface area contributed by atoms with Crippen molar-refractivity contribution in [3.63, 3.8) is 0 Å². The van der Waals surface area contributed by atoms with E-state index in [1.54, 1.807) is 4.90 Å². The number of carbonyl (C=O) groups is 1. The lowest BCUT2D eigenvalue weighted by Crippen LogP contribution is -2.47. The molecule has 1 saturated heterocycles. The first-order valence-electron chi connectivity index (χ1n) is 8.33. The molecular weight excluding hydrogens is 407 g/mol. The molecule has 4 N–H and O–H groups in total. The number of nitrogens with one attached hydrogen (secondary N) is 2. The van der Waals surface area contributed by atoms with Crippen LogP contribution in [0.5, 0.6) is 0 Å². The lowest BCUT2D eigenvalue weighted by molar-refractivity contribution is 0.0257. The number of hydrogen-bond acceptors (Lipinski definition) is 5. The fraction of sp³-hybridized carbons (Fsp3) is 0.812. The van der Waals surface area contributed by atoms with Gasteiger partial charge in [-0.25, -0.2) is 4.79 Å². The van der Waals surface area contributed by atoms with E-state index in [1.807, 2.05) is 20.8 Å². The summed E-state index contributed by atoms with van der Waals surface area (Å²) in [5, 5.41) is 7.05. The largest absolute Gasteiger partial charge is 0.444 e. The average molecular weight is 436 g/mol. The molecule has 2 aliphatic rings. The molecule has 0 aromatic carbocycles. The van der Waals surface area contributed by atoms with Crippen LogP contribution >= 0.6 is 22.6 Å². The van der Waals surface area contributed by atoms with Crippen molar-refractivity contribution in [1.29, 1.82) is 0 Å². The summed E-state index contributed by atoms with van der Waals surface area (Å²) in [5.74, 6) is 0. The van der Waals surface area contributed by atoms with Crippen LogP contribution in [-0.4, -0.2) is 52.9 Å². The van der Waals surface area contributed by atoms with E-state index >= 15 is 0 Å². The van der Waals surface area contributed by atoms with Gasteiger partial charge < -0.3 is 26.0 Å². The van der Waals surface area contributed by atoms with E-state index in [1.165, 1.54) is 5.70 Å². The number of amides is 1. The number of piperidine rings is 1. The van der Waals surface area contributed by atoms with E-state index in [2.05, 4.69) is 33.2 Å². The minimum atomic E-state index is -0.471. The zero-order chi connectivity index (χ0) is 17.0. The lowest BCUT2D eigenvalue weighted by Gasteiger charge is -2.35. The van der Waals surface area contributed by atoms with Gasteiger partial charge in [0.05, 0.1) is 4.05 Å². The number of ether oxygens (including phenoxy) is 1. The van der Waals surface area contributed by atoms with Crippen LogP contribution in [0.2, 0.25) is 0 Å². The fourth-order valence-electron chi connectivity index (χ4n) is 2.90. The molecule has 0 radical (unpaired) electrons. The molecule has 6 nitrogen and oxygen atoms in total. The van der Waals surface area contributed by atoms with E-state index in [4.69, 9.17) is 10.5 Å². The Kier molecular flexibility index (Phi) is 6.56. The van der Waals surface area contributed by atoms with E-state index < -0.39 is 5.60 Å². The quantitative estimate of drug-likeness (QED) is 0.358. The summed E-state index contributed by atoms with van der Waals surface area (Å²) in [6, 6.07) is 0.504. The highest BCUT2D eigenvalue weighted by atomic mass is 127. The van der Waals surface area contributed by atoms with Crippen molar-refractivity contribution in [2.75, 3.05) is 26.2 Å². The molecule has 0 bridgehead atoms. The van der Waals surface area contributed by atoms with Gasteiger partial charge in [0.15, 0.2) is 0 Å².